The van der Waals surface area contributed by atoms with E-state index in [0.717, 1.165) is 0 Å². The normalized spacial score (nSPS) is 11.8. The molecule has 0 unspecified atom stereocenters. The predicted octanol–water partition coefficient (Wildman–Crippen LogP) is 2.10. The lowest BCUT2D eigenvalue weighted by molar-refractivity contribution is -0.139. The van der Waals surface area contributed by atoms with Crippen molar-refractivity contribution in [3.63, 3.8) is 0 Å². The van der Waals surface area contributed by atoms with Gasteiger partial charge in [0.1, 0.15) is 5.78 Å². The highest BCUT2D eigenvalue weighted by Gasteiger charge is 2.25. The maximum atomic E-state index is 11.3. The topological polar surface area (TPSA) is 54.4 Å². The fourth-order valence-corrected chi connectivity index (χ4v) is 1.15. The SMILES string of the molecule is CC(C)C(=O)CC(C)(C)CC(=O)O. The van der Waals surface area contributed by atoms with Crippen LogP contribution in [0, 0.1) is 11.3 Å². The first-order valence-corrected chi connectivity index (χ1v) is 4.49. The third-order valence-electron chi connectivity index (χ3n) is 1.93. The van der Waals surface area contributed by atoms with Gasteiger partial charge in [-0.3, -0.25) is 9.59 Å². The summed E-state index contributed by atoms with van der Waals surface area (Å²) in [5, 5.41) is 8.59. The van der Waals surface area contributed by atoms with Crippen LogP contribution in [0.15, 0.2) is 0 Å². The molecule has 0 amide bonds. The molecule has 0 rings (SSSR count). The van der Waals surface area contributed by atoms with E-state index in [1.54, 1.807) is 13.8 Å². The maximum Gasteiger partial charge on any atom is 0.303 e. The summed E-state index contributed by atoms with van der Waals surface area (Å²) in [6.07, 6.45) is 0.391. The predicted molar refractivity (Wildman–Crippen MR) is 50.5 cm³/mol. The first-order valence-electron chi connectivity index (χ1n) is 4.49. The molecule has 0 aromatic heterocycles. The Hall–Kier alpha value is -0.860. The summed E-state index contributed by atoms with van der Waals surface area (Å²) in [5.74, 6) is -0.721. The van der Waals surface area contributed by atoms with Crippen LogP contribution in [0.3, 0.4) is 0 Å². The average molecular weight is 186 g/mol. The minimum atomic E-state index is -0.846. The van der Waals surface area contributed by atoms with Gasteiger partial charge in [-0.25, -0.2) is 0 Å². The van der Waals surface area contributed by atoms with Gasteiger partial charge in [-0.2, -0.15) is 0 Å². The van der Waals surface area contributed by atoms with E-state index in [0.29, 0.717) is 6.42 Å². The number of hydrogen-bond acceptors (Lipinski definition) is 2. The van der Waals surface area contributed by atoms with Crippen molar-refractivity contribution < 1.29 is 14.7 Å². The highest BCUT2D eigenvalue weighted by Crippen LogP contribution is 2.26. The first-order chi connectivity index (χ1) is 5.74. The molecule has 0 aliphatic heterocycles. The minimum absolute atomic E-state index is 0.00642. The summed E-state index contributed by atoms with van der Waals surface area (Å²) < 4.78 is 0. The van der Waals surface area contributed by atoms with E-state index in [1.807, 2.05) is 13.8 Å². The molecule has 0 spiro atoms. The van der Waals surface area contributed by atoms with Gasteiger partial charge in [0.15, 0.2) is 0 Å². The molecule has 0 saturated carbocycles. The van der Waals surface area contributed by atoms with E-state index in [-0.39, 0.29) is 18.1 Å². The van der Waals surface area contributed by atoms with E-state index in [9.17, 15) is 9.59 Å². The number of hydrogen-bond donors (Lipinski definition) is 1. The van der Waals surface area contributed by atoms with Gasteiger partial charge in [0, 0.05) is 12.3 Å². The summed E-state index contributed by atoms with van der Waals surface area (Å²) in [6, 6.07) is 0. The number of ketones is 1. The molecule has 0 radical (unpaired) electrons. The Kier molecular flexibility index (Phi) is 4.11. The summed E-state index contributed by atoms with van der Waals surface area (Å²) in [7, 11) is 0. The largest absolute Gasteiger partial charge is 0.481 e. The standard InChI is InChI=1S/C10H18O3/c1-7(2)8(11)5-10(3,4)6-9(12)13/h7H,5-6H2,1-4H3,(H,12,13). The molecule has 0 heterocycles. The molecule has 3 nitrogen and oxygen atoms in total. The molecule has 13 heavy (non-hydrogen) atoms. The molecule has 0 aromatic carbocycles. The van der Waals surface area contributed by atoms with E-state index in [2.05, 4.69) is 0 Å². The number of carboxylic acids is 1. The van der Waals surface area contributed by atoms with Gasteiger partial charge in [0.25, 0.3) is 0 Å². The zero-order chi connectivity index (χ0) is 10.6. The number of carboxylic acid groups (broad SMARTS) is 1. The van der Waals surface area contributed by atoms with Crippen LogP contribution < -0.4 is 0 Å². The number of carbonyl (C=O) groups is 2. The second-order valence-electron chi connectivity index (χ2n) is 4.53. The lowest BCUT2D eigenvalue weighted by Crippen LogP contribution is -2.23. The molecule has 0 aliphatic carbocycles. The van der Waals surface area contributed by atoms with Crippen LogP contribution in [-0.4, -0.2) is 16.9 Å². The van der Waals surface area contributed by atoms with Gasteiger partial charge in [0.2, 0.25) is 0 Å². The van der Waals surface area contributed by atoms with Crippen LogP contribution in [0.4, 0.5) is 0 Å². The van der Waals surface area contributed by atoms with Crippen molar-refractivity contribution in [1.82, 2.24) is 0 Å². The molecule has 0 saturated heterocycles. The van der Waals surface area contributed by atoms with Crippen LogP contribution in [0.5, 0.6) is 0 Å². The molecular formula is C10H18O3. The van der Waals surface area contributed by atoms with E-state index < -0.39 is 11.4 Å². The Balaban J connectivity index is 4.16. The van der Waals surface area contributed by atoms with Gasteiger partial charge < -0.3 is 5.11 Å². The van der Waals surface area contributed by atoms with Gasteiger partial charge in [-0.05, 0) is 5.41 Å². The Bertz CT molecular complexity index is 204. The van der Waals surface area contributed by atoms with Crippen molar-refractivity contribution in [2.24, 2.45) is 11.3 Å². The van der Waals surface area contributed by atoms with Crippen molar-refractivity contribution >= 4 is 11.8 Å². The Morgan fingerprint density at radius 1 is 1.23 bits per heavy atom. The molecule has 76 valence electrons. The van der Waals surface area contributed by atoms with Crippen LogP contribution in [0.2, 0.25) is 0 Å². The van der Waals surface area contributed by atoms with Crippen LogP contribution in [0.25, 0.3) is 0 Å². The first kappa shape index (κ1) is 12.1. The molecule has 0 aromatic rings. The third-order valence-corrected chi connectivity index (χ3v) is 1.93. The second kappa shape index (κ2) is 4.40. The molecular weight excluding hydrogens is 168 g/mol. The van der Waals surface area contributed by atoms with Gasteiger partial charge in [-0.15, -0.1) is 0 Å². The molecule has 0 atom stereocenters. The van der Waals surface area contributed by atoms with Crippen LogP contribution in [-0.2, 0) is 9.59 Å². The number of Topliss-reactive ketones (excluding diaryl/α,β-unsaturated/α-hetero) is 1. The summed E-state index contributed by atoms with van der Waals surface area (Å²) >= 11 is 0. The highest BCUT2D eigenvalue weighted by molar-refractivity contribution is 5.81. The van der Waals surface area contributed by atoms with E-state index in [1.165, 1.54) is 0 Å². The fourth-order valence-electron chi connectivity index (χ4n) is 1.15. The minimum Gasteiger partial charge on any atom is -0.481 e. The number of rotatable bonds is 5. The monoisotopic (exact) mass is 186 g/mol. The van der Waals surface area contributed by atoms with E-state index in [4.69, 9.17) is 5.11 Å². The van der Waals surface area contributed by atoms with E-state index >= 15 is 0 Å². The third kappa shape index (κ3) is 5.39. The molecule has 0 aliphatic rings. The van der Waals surface area contributed by atoms with Crippen molar-refractivity contribution in [2.75, 3.05) is 0 Å². The fraction of sp³-hybridized carbons (Fsp3) is 0.800. The Morgan fingerprint density at radius 3 is 2.00 bits per heavy atom. The lowest BCUT2D eigenvalue weighted by atomic mass is 9.82. The number of aliphatic carboxylic acids is 1. The van der Waals surface area contributed by atoms with Gasteiger partial charge >= 0.3 is 5.97 Å². The van der Waals surface area contributed by atoms with Crippen molar-refractivity contribution in [3.05, 3.63) is 0 Å². The van der Waals surface area contributed by atoms with Crippen LogP contribution in [0.1, 0.15) is 40.5 Å². The van der Waals surface area contributed by atoms with Gasteiger partial charge in [0.05, 0.1) is 6.42 Å². The summed E-state index contributed by atoms with van der Waals surface area (Å²) in [4.78, 5) is 21.8. The smallest absolute Gasteiger partial charge is 0.303 e. The molecule has 3 heteroatoms. The molecule has 0 fully saturated rings. The second-order valence-corrected chi connectivity index (χ2v) is 4.53. The quantitative estimate of drug-likeness (QED) is 0.715. The van der Waals surface area contributed by atoms with Gasteiger partial charge in [-0.1, -0.05) is 27.7 Å². The zero-order valence-electron chi connectivity index (χ0n) is 8.76. The Labute approximate surface area is 79.1 Å². The maximum absolute atomic E-state index is 11.3. The highest BCUT2D eigenvalue weighted by atomic mass is 16.4. The Morgan fingerprint density at radius 2 is 1.69 bits per heavy atom. The molecule has 0 bridgehead atoms. The van der Waals surface area contributed by atoms with Crippen molar-refractivity contribution in [1.29, 1.82) is 0 Å². The van der Waals surface area contributed by atoms with Crippen molar-refractivity contribution in [3.8, 4) is 0 Å². The van der Waals surface area contributed by atoms with Crippen LogP contribution >= 0.6 is 0 Å². The summed E-state index contributed by atoms with van der Waals surface area (Å²) in [5.41, 5.74) is -0.423. The zero-order valence-corrected chi connectivity index (χ0v) is 8.76. The summed E-state index contributed by atoms with van der Waals surface area (Å²) in [6.45, 7) is 7.28. The lowest BCUT2D eigenvalue weighted by Gasteiger charge is -2.22. The molecule has 1 N–H and O–H groups in total. The number of carbonyl (C=O) groups excluding carboxylic acids is 1. The average Bonchev–Trinajstić information content (AvgIpc) is 1.81. The van der Waals surface area contributed by atoms with Crippen molar-refractivity contribution in [2.45, 2.75) is 40.5 Å².